The van der Waals surface area contributed by atoms with Crippen molar-refractivity contribution in [3.8, 4) is 16.9 Å². The highest BCUT2D eigenvalue weighted by Gasteiger charge is 2.33. The van der Waals surface area contributed by atoms with E-state index in [1.807, 2.05) is 62.5 Å². The Morgan fingerprint density at radius 2 is 1.74 bits per heavy atom. The predicted molar refractivity (Wildman–Crippen MR) is 212 cm³/mol. The summed E-state index contributed by atoms with van der Waals surface area (Å²) in [5.74, 6) is 1.61. The third kappa shape index (κ3) is 7.88. The molecule has 53 heavy (non-hydrogen) atoms. The maximum Gasteiger partial charge on any atom is 0.229 e. The molecule has 0 bridgehead atoms. The molecule has 2 aromatic carbocycles. The SMILES string of the molecule is COc1cc(N2CCC(C(=O)N3C[C@@H](C)O[C@@H](C)C3)CC2)c(-c2cnn(C)c2)cc1Nc1ncc(Br)c(Nc2ccc3nccnc3c2P(C)(C)=O)n1. The van der Waals surface area contributed by atoms with Crippen LogP contribution in [0, 0.1) is 5.92 Å². The Morgan fingerprint density at radius 1 is 1.00 bits per heavy atom. The summed E-state index contributed by atoms with van der Waals surface area (Å²) in [4.78, 5) is 36.1. The Morgan fingerprint density at radius 3 is 2.42 bits per heavy atom. The minimum absolute atomic E-state index is 0.0222. The number of hydrogen-bond acceptors (Lipinski definition) is 12. The molecule has 7 rings (SSSR count). The molecule has 2 N–H and O–H groups in total. The number of piperidine rings is 1. The summed E-state index contributed by atoms with van der Waals surface area (Å²) in [6.45, 7) is 10.2. The molecule has 0 radical (unpaired) electrons. The molecule has 2 fully saturated rings. The number of carbonyl (C=O) groups excluding carboxylic acids is 1. The third-order valence-electron chi connectivity index (χ3n) is 9.65. The van der Waals surface area contributed by atoms with Crippen molar-refractivity contribution in [3.63, 3.8) is 0 Å². The lowest BCUT2D eigenvalue weighted by Crippen LogP contribution is -2.51. The maximum absolute atomic E-state index is 13.5. The Hall–Kier alpha value is -4.59. The molecule has 14 nitrogen and oxygen atoms in total. The van der Waals surface area contributed by atoms with Gasteiger partial charge in [0, 0.05) is 86.8 Å². The summed E-state index contributed by atoms with van der Waals surface area (Å²) in [5, 5.41) is 11.8. The molecule has 2 aliphatic heterocycles. The van der Waals surface area contributed by atoms with Gasteiger partial charge >= 0.3 is 0 Å². The van der Waals surface area contributed by atoms with Crippen LogP contribution in [0.3, 0.4) is 0 Å². The highest BCUT2D eigenvalue weighted by atomic mass is 79.9. The summed E-state index contributed by atoms with van der Waals surface area (Å²) >= 11 is 3.58. The van der Waals surface area contributed by atoms with E-state index in [0.29, 0.717) is 62.8 Å². The van der Waals surface area contributed by atoms with Crippen LogP contribution >= 0.6 is 23.1 Å². The molecule has 1 amide bonds. The fourth-order valence-corrected chi connectivity index (χ4v) is 8.99. The van der Waals surface area contributed by atoms with Gasteiger partial charge in [-0.25, -0.2) is 4.98 Å². The number of nitrogens with zero attached hydrogens (tertiary/aromatic N) is 8. The summed E-state index contributed by atoms with van der Waals surface area (Å²) in [6, 6.07) is 7.74. The quantitative estimate of drug-likeness (QED) is 0.164. The number of amides is 1. The Bertz CT molecular complexity index is 2190. The van der Waals surface area contributed by atoms with E-state index in [9.17, 15) is 9.36 Å². The number of rotatable bonds is 9. The van der Waals surface area contributed by atoms with Crippen molar-refractivity contribution in [2.24, 2.45) is 13.0 Å². The zero-order chi connectivity index (χ0) is 37.4. The lowest BCUT2D eigenvalue weighted by atomic mass is 9.93. The van der Waals surface area contributed by atoms with Crippen molar-refractivity contribution in [1.29, 1.82) is 0 Å². The van der Waals surface area contributed by atoms with Gasteiger partial charge < -0.3 is 34.5 Å². The van der Waals surface area contributed by atoms with E-state index in [-0.39, 0.29) is 24.0 Å². The molecule has 0 spiro atoms. The number of anilines is 5. The molecular formula is C37H44BrN10O4P. The Balaban J connectivity index is 1.17. The first kappa shape index (κ1) is 36.8. The summed E-state index contributed by atoms with van der Waals surface area (Å²) in [5.41, 5.74) is 5.43. The number of methoxy groups -OCH3 is 1. The van der Waals surface area contributed by atoms with Crippen molar-refractivity contribution < 1.29 is 18.8 Å². The number of aryl methyl sites for hydroxylation is 1. The first-order valence-electron chi connectivity index (χ1n) is 17.6. The normalized spacial score (nSPS) is 18.3. The molecule has 3 aromatic heterocycles. The zero-order valence-corrected chi connectivity index (χ0v) is 33.2. The Kier molecular flexibility index (Phi) is 10.4. The number of morpholine rings is 1. The number of fused-ring (bicyclic) bond motifs is 1. The van der Waals surface area contributed by atoms with Crippen LogP contribution in [0.4, 0.5) is 28.8 Å². The van der Waals surface area contributed by atoms with Crippen LogP contribution in [-0.2, 0) is 21.1 Å². The van der Waals surface area contributed by atoms with Crippen molar-refractivity contribution in [1.82, 2.24) is 34.6 Å². The molecule has 2 saturated heterocycles. The van der Waals surface area contributed by atoms with Crippen LogP contribution in [0.1, 0.15) is 26.7 Å². The number of benzene rings is 2. The van der Waals surface area contributed by atoms with Gasteiger partial charge in [0.1, 0.15) is 24.2 Å². The molecule has 0 saturated carbocycles. The average Bonchev–Trinajstić information content (AvgIpc) is 3.57. The predicted octanol–water partition coefficient (Wildman–Crippen LogP) is 6.18. The van der Waals surface area contributed by atoms with Gasteiger partial charge in [0.2, 0.25) is 11.9 Å². The van der Waals surface area contributed by atoms with Gasteiger partial charge in [-0.2, -0.15) is 10.1 Å². The second-order valence-electron chi connectivity index (χ2n) is 14.1. The molecule has 2 atom stereocenters. The van der Waals surface area contributed by atoms with Gasteiger partial charge in [-0.05, 0) is 74.1 Å². The van der Waals surface area contributed by atoms with Gasteiger partial charge in [-0.3, -0.25) is 19.4 Å². The molecule has 0 aliphatic carbocycles. The fourth-order valence-electron chi connectivity index (χ4n) is 7.30. The van der Waals surface area contributed by atoms with Crippen LogP contribution in [0.5, 0.6) is 5.75 Å². The smallest absolute Gasteiger partial charge is 0.229 e. The molecular weight excluding hydrogens is 759 g/mol. The number of hydrogen-bond donors (Lipinski definition) is 2. The van der Waals surface area contributed by atoms with E-state index in [1.54, 1.807) is 43.7 Å². The second kappa shape index (κ2) is 15.0. The number of aromatic nitrogens is 6. The van der Waals surface area contributed by atoms with Crippen LogP contribution in [0.15, 0.2) is 59.7 Å². The highest BCUT2D eigenvalue weighted by molar-refractivity contribution is 9.10. The van der Waals surface area contributed by atoms with Gasteiger partial charge in [-0.15, -0.1) is 0 Å². The summed E-state index contributed by atoms with van der Waals surface area (Å²) in [6.07, 6.45) is 10.3. The number of ether oxygens (including phenoxy) is 2. The topological polar surface area (TPSA) is 153 Å². The monoisotopic (exact) mass is 802 g/mol. The fraction of sp³-hybridized carbons (Fsp3) is 0.405. The highest BCUT2D eigenvalue weighted by Crippen LogP contribution is 2.43. The molecule has 2 aliphatic rings. The lowest BCUT2D eigenvalue weighted by Gasteiger charge is -2.40. The van der Waals surface area contributed by atoms with Gasteiger partial charge in [0.15, 0.2) is 0 Å². The van der Waals surface area contributed by atoms with E-state index in [0.717, 1.165) is 42.7 Å². The molecule has 5 aromatic rings. The van der Waals surface area contributed by atoms with Crippen molar-refractivity contribution >= 4 is 74.1 Å². The van der Waals surface area contributed by atoms with Crippen LogP contribution < -0.4 is 25.6 Å². The van der Waals surface area contributed by atoms with E-state index >= 15 is 0 Å². The average molecular weight is 804 g/mol. The van der Waals surface area contributed by atoms with Crippen LogP contribution in [0.25, 0.3) is 22.2 Å². The lowest BCUT2D eigenvalue weighted by molar-refractivity contribution is -0.148. The molecule has 278 valence electrons. The van der Waals surface area contributed by atoms with Gasteiger partial charge in [0.05, 0.1) is 52.2 Å². The number of nitrogens with one attached hydrogen (secondary N) is 2. The standard InChI is InChI=1S/C37H44BrN10O4P/c1-22-19-48(20-23(2)52-22)36(49)24-9-13-47(14-10-24)31-16-32(51-4)30(15-26(31)25-17-42-46(3)21-25)44-37-41-18-27(38)35(45-37)43-29-8-7-28-33(40-12-11-39-28)34(29)53(5,6)50/h7-8,11-12,15-18,21-24H,9-10,13-14,19-20H2,1-6H3,(H2,41,43,44,45)/t22-,23+. The van der Waals surface area contributed by atoms with E-state index in [2.05, 4.69) is 51.5 Å². The Labute approximate surface area is 317 Å². The zero-order valence-electron chi connectivity index (χ0n) is 30.7. The van der Waals surface area contributed by atoms with Gasteiger partial charge in [-0.1, -0.05) is 0 Å². The van der Waals surface area contributed by atoms with Crippen molar-refractivity contribution in [2.45, 2.75) is 38.9 Å². The van der Waals surface area contributed by atoms with Crippen molar-refractivity contribution in [2.75, 3.05) is 62.2 Å². The van der Waals surface area contributed by atoms with Crippen LogP contribution in [0.2, 0.25) is 0 Å². The number of carbonyl (C=O) groups is 1. The minimum atomic E-state index is -2.79. The summed E-state index contributed by atoms with van der Waals surface area (Å²) in [7, 11) is 0.738. The maximum atomic E-state index is 13.5. The summed E-state index contributed by atoms with van der Waals surface area (Å²) < 4.78 is 27.7. The molecule has 5 heterocycles. The second-order valence-corrected chi connectivity index (χ2v) is 18.1. The van der Waals surface area contributed by atoms with E-state index in [4.69, 9.17) is 14.5 Å². The first-order valence-corrected chi connectivity index (χ1v) is 21.0. The van der Waals surface area contributed by atoms with Crippen molar-refractivity contribution in [3.05, 3.63) is 59.7 Å². The molecule has 0 unspecified atom stereocenters. The van der Waals surface area contributed by atoms with Crippen LogP contribution in [-0.4, -0.2) is 99.3 Å². The van der Waals surface area contributed by atoms with E-state index < -0.39 is 7.14 Å². The minimum Gasteiger partial charge on any atom is -0.494 e. The third-order valence-corrected chi connectivity index (χ3v) is 11.8. The molecule has 16 heteroatoms. The largest absolute Gasteiger partial charge is 0.494 e. The number of halogens is 1. The first-order chi connectivity index (χ1) is 25.4. The van der Waals surface area contributed by atoms with Gasteiger partial charge in [0.25, 0.3) is 0 Å². The van der Waals surface area contributed by atoms with E-state index in [1.165, 1.54) is 0 Å².